The highest BCUT2D eigenvalue weighted by atomic mass is 32.1. The number of aryl methyl sites for hydroxylation is 2. The van der Waals surface area contributed by atoms with E-state index in [9.17, 15) is 0 Å². The minimum absolute atomic E-state index is 0.908. The SMILES string of the molecule is CCCCCCCCCCCCN1C(=S)c2c(-c3ccc(C)s3)sc(-c3ccc(-c4ccc5c(ccc6c7ccc8cc(C)ccc8c7sc56)c4)s3)c2C1=S. The molecule has 0 aliphatic carbocycles. The molecule has 0 atom stereocenters. The summed E-state index contributed by atoms with van der Waals surface area (Å²) in [5, 5.41) is 7.98. The molecule has 1 aliphatic heterocycles. The highest BCUT2D eigenvalue weighted by Gasteiger charge is 2.37. The normalized spacial score (nSPS) is 13.1. The standard InChI is InChI=1S/C48H45NS6/c1-4-5-6-7-8-9-10-11-12-13-26-49-47(50)41-42(48(49)51)46(55-45(41)39-23-15-30(3)52-39)40-25-24-38(53-40)33-18-20-35-32(28-33)17-22-37-36-21-16-31-27-29(2)14-19-34(31)43(36)54-44(35)37/h14-25,27-28H,4-13,26H2,1-3H3. The van der Waals surface area contributed by atoms with Crippen LogP contribution in [0.3, 0.4) is 0 Å². The van der Waals surface area contributed by atoms with E-state index in [4.69, 9.17) is 24.4 Å². The molecule has 7 heteroatoms. The molecule has 0 spiro atoms. The number of unbranched alkanes of at least 4 members (excludes halogenated alkanes) is 9. The predicted molar refractivity (Wildman–Crippen MR) is 256 cm³/mol. The Morgan fingerprint density at radius 2 is 1.04 bits per heavy atom. The van der Waals surface area contributed by atoms with Gasteiger partial charge in [0.15, 0.2) is 0 Å². The molecular weight excluding hydrogens is 783 g/mol. The molecule has 0 saturated heterocycles. The summed E-state index contributed by atoms with van der Waals surface area (Å²) in [5.74, 6) is 0. The van der Waals surface area contributed by atoms with E-state index in [0.717, 1.165) is 22.9 Å². The van der Waals surface area contributed by atoms with Crippen molar-refractivity contribution in [3.63, 3.8) is 0 Å². The Hall–Kier alpha value is -3.30. The van der Waals surface area contributed by atoms with Gasteiger partial charge in [0.25, 0.3) is 0 Å². The van der Waals surface area contributed by atoms with Crippen molar-refractivity contribution in [1.29, 1.82) is 0 Å². The Kier molecular flexibility index (Phi) is 10.8. The molecule has 0 bridgehead atoms. The number of thiophene rings is 4. The highest BCUT2D eigenvalue weighted by molar-refractivity contribution is 7.83. The summed E-state index contributed by atoms with van der Waals surface area (Å²) in [5.41, 5.74) is 4.93. The van der Waals surface area contributed by atoms with Gasteiger partial charge >= 0.3 is 0 Å². The van der Waals surface area contributed by atoms with Gasteiger partial charge in [0.05, 0.1) is 9.75 Å². The second-order valence-corrected chi connectivity index (χ2v) is 20.4. The van der Waals surface area contributed by atoms with Crippen molar-refractivity contribution in [3.8, 4) is 29.9 Å². The van der Waals surface area contributed by atoms with Gasteiger partial charge in [0, 0.05) is 57.4 Å². The van der Waals surface area contributed by atoms with Crippen molar-refractivity contribution in [3.05, 3.63) is 106 Å². The average Bonchev–Trinajstić information content (AvgIpc) is 4.03. The van der Waals surface area contributed by atoms with Gasteiger partial charge in [-0.2, -0.15) is 0 Å². The van der Waals surface area contributed by atoms with Gasteiger partial charge < -0.3 is 4.90 Å². The van der Waals surface area contributed by atoms with Crippen LogP contribution < -0.4 is 0 Å². The van der Waals surface area contributed by atoms with Crippen LogP contribution in [-0.2, 0) is 0 Å². The molecule has 0 amide bonds. The van der Waals surface area contributed by atoms with E-state index in [1.165, 1.54) is 151 Å². The molecule has 1 nitrogen and oxygen atoms in total. The summed E-state index contributed by atoms with van der Waals surface area (Å²) in [4.78, 5) is 11.8. The van der Waals surface area contributed by atoms with Crippen LogP contribution >= 0.6 is 69.8 Å². The third-order valence-electron chi connectivity index (χ3n) is 11.2. The van der Waals surface area contributed by atoms with Crippen molar-refractivity contribution in [2.75, 3.05) is 6.54 Å². The number of benzene rings is 4. The zero-order valence-corrected chi connectivity index (χ0v) is 36.7. The van der Waals surface area contributed by atoms with Gasteiger partial charge in [-0.15, -0.1) is 45.3 Å². The van der Waals surface area contributed by atoms with Crippen LogP contribution in [-0.4, -0.2) is 21.4 Å². The lowest BCUT2D eigenvalue weighted by molar-refractivity contribution is 0.526. The number of nitrogens with zero attached hydrogens (tertiary/aromatic N) is 1. The number of rotatable bonds is 14. The maximum absolute atomic E-state index is 6.30. The number of fused-ring (bicyclic) bond motifs is 8. The monoisotopic (exact) mass is 827 g/mol. The summed E-state index contributed by atoms with van der Waals surface area (Å²) < 4.78 is 2.75. The zero-order chi connectivity index (χ0) is 37.6. The number of thiocarbonyl (C=S) groups is 2. The van der Waals surface area contributed by atoms with Crippen molar-refractivity contribution < 1.29 is 0 Å². The Morgan fingerprint density at radius 3 is 1.67 bits per heavy atom. The Morgan fingerprint density at radius 1 is 0.491 bits per heavy atom. The summed E-state index contributed by atoms with van der Waals surface area (Å²) in [6, 6.07) is 32.2. The van der Waals surface area contributed by atoms with Gasteiger partial charge in [-0.1, -0.05) is 149 Å². The van der Waals surface area contributed by atoms with Crippen molar-refractivity contribution in [2.45, 2.75) is 85.0 Å². The largest absolute Gasteiger partial charge is 0.323 e. The van der Waals surface area contributed by atoms with Crippen LogP contribution in [0, 0.1) is 13.8 Å². The smallest absolute Gasteiger partial charge is 0.116 e. The number of hydrogen-bond acceptors (Lipinski definition) is 6. The van der Waals surface area contributed by atoms with Gasteiger partial charge in [0.1, 0.15) is 9.98 Å². The van der Waals surface area contributed by atoms with Crippen molar-refractivity contribution in [1.82, 2.24) is 4.90 Å². The van der Waals surface area contributed by atoms with E-state index < -0.39 is 0 Å². The summed E-state index contributed by atoms with van der Waals surface area (Å²) in [7, 11) is 0. The third kappa shape index (κ3) is 7.04. The van der Waals surface area contributed by atoms with Crippen LogP contribution in [0.5, 0.6) is 0 Å². The molecule has 55 heavy (non-hydrogen) atoms. The summed E-state index contributed by atoms with van der Waals surface area (Å²) in [6.07, 6.45) is 13.2. The van der Waals surface area contributed by atoms with E-state index in [1.54, 1.807) is 0 Å². The highest BCUT2D eigenvalue weighted by Crippen LogP contribution is 2.51. The average molecular weight is 828 g/mol. The first-order chi connectivity index (χ1) is 26.9. The lowest BCUT2D eigenvalue weighted by atomic mass is 10.0. The van der Waals surface area contributed by atoms with Crippen LogP contribution in [0.4, 0.5) is 0 Å². The van der Waals surface area contributed by atoms with E-state index >= 15 is 0 Å². The summed E-state index contributed by atoms with van der Waals surface area (Å²) >= 11 is 20.1. The minimum atomic E-state index is 0.908. The molecular formula is C48H45NS6. The molecule has 278 valence electrons. The fraction of sp³-hybridized carbons (Fsp3) is 0.292. The van der Waals surface area contributed by atoms with Gasteiger partial charge in [0.2, 0.25) is 0 Å². The maximum atomic E-state index is 6.30. The van der Waals surface area contributed by atoms with Crippen LogP contribution in [0.25, 0.3) is 71.7 Å². The third-order valence-corrected chi connectivity index (χ3v) is 17.1. The second kappa shape index (κ2) is 15.9. The number of hydrogen-bond donors (Lipinski definition) is 0. The molecule has 5 heterocycles. The van der Waals surface area contributed by atoms with Crippen LogP contribution in [0.1, 0.15) is 92.7 Å². The topological polar surface area (TPSA) is 3.24 Å². The molecule has 8 aromatic rings. The molecule has 1 aliphatic rings. The fourth-order valence-corrected chi connectivity index (χ4v) is 14.0. The first kappa shape index (κ1) is 37.3. The fourth-order valence-electron chi connectivity index (χ4n) is 8.30. The van der Waals surface area contributed by atoms with Gasteiger partial charge in [-0.25, -0.2) is 0 Å². The summed E-state index contributed by atoms with van der Waals surface area (Å²) in [6.45, 7) is 7.56. The van der Waals surface area contributed by atoms with Crippen molar-refractivity contribution in [2.24, 2.45) is 0 Å². The van der Waals surface area contributed by atoms with Crippen LogP contribution in [0.15, 0.2) is 84.9 Å². The minimum Gasteiger partial charge on any atom is -0.323 e. The lowest BCUT2D eigenvalue weighted by Crippen LogP contribution is -2.29. The Balaban J connectivity index is 0.985. The van der Waals surface area contributed by atoms with E-state index in [2.05, 4.69) is 111 Å². The molecule has 0 radical (unpaired) electrons. The van der Waals surface area contributed by atoms with Gasteiger partial charge in [-0.05, 0) is 77.7 Å². The van der Waals surface area contributed by atoms with E-state index in [-0.39, 0.29) is 0 Å². The van der Waals surface area contributed by atoms with Crippen molar-refractivity contribution >= 4 is 121 Å². The second-order valence-electron chi connectivity index (χ2n) is 15.2. The predicted octanol–water partition coefficient (Wildman–Crippen LogP) is 16.8. The molecule has 0 fully saturated rings. The lowest BCUT2D eigenvalue weighted by Gasteiger charge is -2.19. The van der Waals surface area contributed by atoms with Crippen LogP contribution in [0.2, 0.25) is 0 Å². The zero-order valence-electron chi connectivity index (χ0n) is 31.8. The maximum Gasteiger partial charge on any atom is 0.116 e. The van der Waals surface area contributed by atoms with E-state index in [0.29, 0.717) is 0 Å². The molecule has 0 N–H and O–H groups in total. The first-order valence-corrected chi connectivity index (χ1v) is 24.0. The molecule has 9 rings (SSSR count). The quantitative estimate of drug-likeness (QED) is 0.0794. The van der Waals surface area contributed by atoms with E-state index in [1.807, 2.05) is 45.3 Å². The Labute approximate surface area is 351 Å². The van der Waals surface area contributed by atoms with Gasteiger partial charge in [-0.3, -0.25) is 0 Å². The molecule has 0 unspecified atom stereocenters. The molecule has 0 saturated carbocycles. The first-order valence-electron chi connectivity index (χ1n) is 19.9. The Bertz CT molecular complexity index is 2730. The molecule has 4 aromatic heterocycles. The molecule has 4 aromatic carbocycles.